The second kappa shape index (κ2) is 7.92. The van der Waals surface area contributed by atoms with Gasteiger partial charge in [0, 0.05) is 24.8 Å². The number of rotatable bonds is 5. The number of hydrogen-bond donors (Lipinski definition) is 1. The molecule has 0 heterocycles. The van der Waals surface area contributed by atoms with Crippen LogP contribution in [0.4, 0.5) is 23.7 Å². The van der Waals surface area contributed by atoms with Crippen LogP contribution in [0, 0.1) is 6.92 Å². The fourth-order valence-electron chi connectivity index (χ4n) is 2.21. The maximum atomic E-state index is 12.3. The molecular formula is C18H19F3N2O2. The second-order valence-corrected chi connectivity index (χ2v) is 5.60. The zero-order chi connectivity index (χ0) is 18.4. The number of nitrogens with one attached hydrogen (secondary N) is 1. The Morgan fingerprint density at radius 2 is 1.80 bits per heavy atom. The predicted octanol–water partition coefficient (Wildman–Crippen LogP) is 4.60. The van der Waals surface area contributed by atoms with Crippen LogP contribution in [0.3, 0.4) is 0 Å². The summed E-state index contributed by atoms with van der Waals surface area (Å²) in [6.45, 7) is 0.633. The summed E-state index contributed by atoms with van der Waals surface area (Å²) in [5, 5.41) is 2.69. The molecule has 2 rings (SSSR count). The quantitative estimate of drug-likeness (QED) is 0.854. The zero-order valence-corrected chi connectivity index (χ0v) is 13.9. The highest BCUT2D eigenvalue weighted by molar-refractivity contribution is 5.90. The van der Waals surface area contributed by atoms with Crippen LogP contribution >= 0.6 is 0 Å². The minimum absolute atomic E-state index is 0.0841. The molecule has 4 nitrogen and oxygen atoms in total. The fraction of sp³-hybridized carbons (Fsp3) is 0.278. The van der Waals surface area contributed by atoms with E-state index in [1.54, 1.807) is 20.0 Å². The first-order chi connectivity index (χ1) is 11.8. The topological polar surface area (TPSA) is 41.6 Å². The van der Waals surface area contributed by atoms with Crippen molar-refractivity contribution in [3.8, 4) is 5.75 Å². The number of ether oxygens (including phenoxy) is 1. The molecule has 0 fully saturated rings. The van der Waals surface area contributed by atoms with Crippen molar-refractivity contribution < 1.29 is 22.7 Å². The molecule has 0 aliphatic heterocycles. The van der Waals surface area contributed by atoms with E-state index in [0.717, 1.165) is 5.56 Å². The number of carbonyl (C=O) groups excluding carboxylic acids is 1. The summed E-state index contributed by atoms with van der Waals surface area (Å²) in [5.41, 5.74) is 1.82. The Morgan fingerprint density at radius 3 is 2.44 bits per heavy atom. The van der Waals surface area contributed by atoms with Crippen molar-refractivity contribution in [1.29, 1.82) is 0 Å². The third-order valence-electron chi connectivity index (χ3n) is 3.53. The highest BCUT2D eigenvalue weighted by Gasteiger charge is 2.28. The third-order valence-corrected chi connectivity index (χ3v) is 3.53. The van der Waals surface area contributed by atoms with Crippen LogP contribution in [0.15, 0.2) is 48.5 Å². The van der Waals surface area contributed by atoms with E-state index < -0.39 is 12.8 Å². The number of anilines is 1. The number of nitrogens with zero attached hydrogens (tertiary/aromatic N) is 1. The van der Waals surface area contributed by atoms with Gasteiger partial charge in [0.05, 0.1) is 0 Å². The summed E-state index contributed by atoms with van der Waals surface area (Å²) in [6.07, 6.45) is -4.42. The fourth-order valence-corrected chi connectivity index (χ4v) is 2.21. The first-order valence-corrected chi connectivity index (χ1v) is 7.61. The van der Waals surface area contributed by atoms with Crippen LogP contribution in [0.25, 0.3) is 0 Å². The molecule has 0 radical (unpaired) electrons. The molecule has 0 spiro atoms. The lowest BCUT2D eigenvalue weighted by atomic mass is 10.2. The molecule has 0 atom stereocenters. The van der Waals surface area contributed by atoms with Crippen LogP contribution < -0.4 is 10.1 Å². The highest BCUT2D eigenvalue weighted by atomic mass is 19.4. The molecule has 1 N–H and O–H groups in total. The van der Waals surface area contributed by atoms with Crippen molar-refractivity contribution in [3.05, 3.63) is 59.7 Å². The number of hydrogen-bond acceptors (Lipinski definition) is 2. The number of urea groups is 1. The maximum Gasteiger partial charge on any atom is 0.422 e. The van der Waals surface area contributed by atoms with Crippen molar-refractivity contribution in [2.45, 2.75) is 19.6 Å². The summed E-state index contributed by atoms with van der Waals surface area (Å²) in [7, 11) is 1.64. The Morgan fingerprint density at radius 1 is 1.12 bits per heavy atom. The van der Waals surface area contributed by atoms with Gasteiger partial charge in [0.25, 0.3) is 0 Å². The van der Waals surface area contributed by atoms with E-state index >= 15 is 0 Å². The van der Waals surface area contributed by atoms with E-state index in [9.17, 15) is 18.0 Å². The molecule has 0 aliphatic carbocycles. The second-order valence-electron chi connectivity index (χ2n) is 5.60. The summed E-state index contributed by atoms with van der Waals surface area (Å²) >= 11 is 0. The predicted molar refractivity (Wildman–Crippen MR) is 89.7 cm³/mol. The Balaban J connectivity index is 2.02. The summed E-state index contributed by atoms with van der Waals surface area (Å²) in [5.74, 6) is 0.0841. The van der Waals surface area contributed by atoms with Gasteiger partial charge in [-0.05, 0) is 24.6 Å². The lowest BCUT2D eigenvalue weighted by molar-refractivity contribution is -0.153. The van der Waals surface area contributed by atoms with Gasteiger partial charge in [-0.25, -0.2) is 4.79 Å². The van der Waals surface area contributed by atoms with E-state index in [-0.39, 0.29) is 11.8 Å². The number of halogens is 3. The van der Waals surface area contributed by atoms with Crippen molar-refractivity contribution in [3.63, 3.8) is 0 Å². The van der Waals surface area contributed by atoms with Gasteiger partial charge in [-0.1, -0.05) is 36.4 Å². The van der Waals surface area contributed by atoms with Crippen LogP contribution in [-0.4, -0.2) is 30.8 Å². The number of carbonyl (C=O) groups is 1. The molecule has 2 aromatic carbocycles. The molecule has 2 amide bonds. The SMILES string of the molecule is Cc1c(NC(=O)N(C)Cc2ccccc2)cccc1OCC(F)(F)F. The third kappa shape index (κ3) is 5.70. The molecule has 7 heteroatoms. The van der Waals surface area contributed by atoms with E-state index in [4.69, 9.17) is 4.74 Å². The zero-order valence-electron chi connectivity index (χ0n) is 13.9. The number of amides is 2. The van der Waals surface area contributed by atoms with Gasteiger partial charge in [-0.3, -0.25) is 0 Å². The minimum Gasteiger partial charge on any atom is -0.484 e. The first kappa shape index (κ1) is 18.6. The van der Waals surface area contributed by atoms with Gasteiger partial charge in [0.1, 0.15) is 5.75 Å². The van der Waals surface area contributed by atoms with E-state index in [0.29, 0.717) is 17.8 Å². The standard InChI is InChI=1S/C18H19F3N2O2/c1-13-15(9-6-10-16(13)25-12-18(19,20)21)22-17(24)23(2)11-14-7-4-3-5-8-14/h3-10H,11-12H2,1-2H3,(H,22,24). The Hall–Kier alpha value is -2.70. The summed E-state index contributed by atoms with van der Waals surface area (Å²) in [6, 6.07) is 13.7. The van der Waals surface area contributed by atoms with Crippen LogP contribution in [0.2, 0.25) is 0 Å². The molecular weight excluding hydrogens is 333 g/mol. The van der Waals surface area contributed by atoms with Crippen LogP contribution in [0.1, 0.15) is 11.1 Å². The van der Waals surface area contributed by atoms with Gasteiger partial charge in [-0.15, -0.1) is 0 Å². The Kier molecular flexibility index (Phi) is 5.90. The Bertz CT molecular complexity index is 718. The molecule has 0 bridgehead atoms. The van der Waals surface area contributed by atoms with Gasteiger partial charge in [0.2, 0.25) is 0 Å². The number of alkyl halides is 3. The van der Waals surface area contributed by atoms with Crippen LogP contribution in [0.5, 0.6) is 5.75 Å². The van der Waals surface area contributed by atoms with E-state index in [1.807, 2.05) is 30.3 Å². The first-order valence-electron chi connectivity index (χ1n) is 7.61. The van der Waals surface area contributed by atoms with Crippen molar-refractivity contribution in [1.82, 2.24) is 4.90 Å². The maximum absolute atomic E-state index is 12.3. The monoisotopic (exact) mass is 352 g/mol. The molecule has 25 heavy (non-hydrogen) atoms. The van der Waals surface area contributed by atoms with Gasteiger partial charge in [0.15, 0.2) is 6.61 Å². The minimum atomic E-state index is -4.42. The average Bonchev–Trinajstić information content (AvgIpc) is 2.55. The van der Waals surface area contributed by atoms with Crippen molar-refractivity contribution in [2.75, 3.05) is 19.0 Å². The van der Waals surface area contributed by atoms with Crippen molar-refractivity contribution >= 4 is 11.7 Å². The molecule has 2 aromatic rings. The lowest BCUT2D eigenvalue weighted by Crippen LogP contribution is -2.31. The molecule has 0 aromatic heterocycles. The average molecular weight is 352 g/mol. The summed E-state index contributed by atoms with van der Waals surface area (Å²) < 4.78 is 41.7. The number of benzene rings is 2. The van der Waals surface area contributed by atoms with E-state index in [1.165, 1.54) is 17.0 Å². The van der Waals surface area contributed by atoms with Gasteiger partial charge in [-0.2, -0.15) is 13.2 Å². The summed E-state index contributed by atoms with van der Waals surface area (Å²) in [4.78, 5) is 13.8. The Labute approximate surface area is 144 Å². The molecule has 134 valence electrons. The van der Waals surface area contributed by atoms with Gasteiger partial charge < -0.3 is 15.0 Å². The highest BCUT2D eigenvalue weighted by Crippen LogP contribution is 2.27. The largest absolute Gasteiger partial charge is 0.484 e. The smallest absolute Gasteiger partial charge is 0.422 e. The molecule has 0 aliphatic rings. The van der Waals surface area contributed by atoms with Gasteiger partial charge >= 0.3 is 12.2 Å². The molecule has 0 saturated carbocycles. The normalized spacial score (nSPS) is 11.1. The molecule has 0 unspecified atom stereocenters. The van der Waals surface area contributed by atoms with Crippen molar-refractivity contribution in [2.24, 2.45) is 0 Å². The molecule has 0 saturated heterocycles. The van der Waals surface area contributed by atoms with E-state index in [2.05, 4.69) is 5.32 Å². The lowest BCUT2D eigenvalue weighted by Gasteiger charge is -2.20. The van der Waals surface area contributed by atoms with Crippen LogP contribution in [-0.2, 0) is 6.54 Å².